The van der Waals surface area contributed by atoms with E-state index in [1.807, 2.05) is 23.6 Å². The zero-order valence-electron chi connectivity index (χ0n) is 13.9. The average molecular weight is 348 g/mol. The quantitative estimate of drug-likeness (QED) is 0.521. The number of aliphatic hydroxyl groups is 1. The third kappa shape index (κ3) is 6.34. The lowest BCUT2D eigenvalue weighted by atomic mass is 10.0. The molecule has 0 saturated heterocycles. The summed E-state index contributed by atoms with van der Waals surface area (Å²) in [6.07, 6.45) is 3.28. The van der Waals surface area contributed by atoms with Crippen molar-refractivity contribution in [3.8, 4) is 5.75 Å². The molecular formula is C19H24O4S. The molecule has 0 fully saturated rings. The Hall–Kier alpha value is -1.85. The molecule has 0 radical (unpaired) electrons. The van der Waals surface area contributed by atoms with Gasteiger partial charge in [-0.3, -0.25) is 0 Å². The lowest BCUT2D eigenvalue weighted by Gasteiger charge is -2.08. The van der Waals surface area contributed by atoms with Crippen molar-refractivity contribution in [2.75, 3.05) is 7.11 Å². The van der Waals surface area contributed by atoms with Crippen LogP contribution < -0.4 is 4.74 Å². The largest absolute Gasteiger partial charge is 0.488 e. The first kappa shape index (κ1) is 18.5. The number of aryl methyl sites for hydroxylation is 1. The maximum absolute atomic E-state index is 11.1. The molecule has 0 aliphatic rings. The average Bonchev–Trinajstić information content (AvgIpc) is 3.13. The maximum Gasteiger partial charge on any atom is 0.334 e. The first-order chi connectivity index (χ1) is 11.7. The number of benzene rings is 1. The van der Waals surface area contributed by atoms with Crippen LogP contribution in [-0.4, -0.2) is 24.3 Å². The third-order valence-corrected chi connectivity index (χ3v) is 4.65. The number of carbonyl (C=O) groups is 1. The van der Waals surface area contributed by atoms with Crippen molar-refractivity contribution in [3.05, 3.63) is 52.2 Å². The first-order valence-corrected chi connectivity index (χ1v) is 9.07. The molecule has 2 aromatic rings. The number of unbranched alkanes of at least 4 members (excludes halogenated alkanes) is 2. The molecule has 0 spiro atoms. The van der Waals surface area contributed by atoms with E-state index < -0.39 is 12.1 Å². The van der Waals surface area contributed by atoms with Gasteiger partial charge in [-0.25, -0.2) is 4.79 Å². The van der Waals surface area contributed by atoms with Crippen LogP contribution in [0.3, 0.4) is 0 Å². The monoisotopic (exact) mass is 348 g/mol. The van der Waals surface area contributed by atoms with E-state index in [4.69, 9.17) is 4.74 Å². The van der Waals surface area contributed by atoms with Gasteiger partial charge in [0.15, 0.2) is 6.10 Å². The van der Waals surface area contributed by atoms with E-state index in [2.05, 4.69) is 22.9 Å². The van der Waals surface area contributed by atoms with Crippen LogP contribution in [0.2, 0.25) is 0 Å². The second-order valence-electron chi connectivity index (χ2n) is 5.65. The fraction of sp³-hybridized carbons (Fsp3) is 0.421. The van der Waals surface area contributed by atoms with Crippen LogP contribution in [0.1, 0.15) is 36.1 Å². The van der Waals surface area contributed by atoms with Gasteiger partial charge in [-0.05, 0) is 48.4 Å². The number of hydrogen-bond acceptors (Lipinski definition) is 5. The Morgan fingerprint density at radius 3 is 2.62 bits per heavy atom. The van der Waals surface area contributed by atoms with Gasteiger partial charge in [-0.2, -0.15) is 0 Å². The maximum atomic E-state index is 11.1. The zero-order valence-corrected chi connectivity index (χ0v) is 14.8. The number of hydrogen-bond donors (Lipinski definition) is 1. The number of aliphatic hydroxyl groups excluding tert-OH is 1. The van der Waals surface area contributed by atoms with Crippen LogP contribution in [0.25, 0.3) is 0 Å². The predicted molar refractivity (Wildman–Crippen MR) is 95.3 cm³/mol. The van der Waals surface area contributed by atoms with Gasteiger partial charge in [0.05, 0.1) is 7.11 Å². The summed E-state index contributed by atoms with van der Waals surface area (Å²) in [5.74, 6) is 0.335. The van der Waals surface area contributed by atoms with Crippen molar-refractivity contribution in [2.24, 2.45) is 0 Å². The van der Waals surface area contributed by atoms with E-state index in [1.54, 1.807) is 11.3 Å². The fourth-order valence-corrected chi connectivity index (χ4v) is 3.02. The summed E-state index contributed by atoms with van der Waals surface area (Å²) in [5, 5.41) is 11.5. The lowest BCUT2D eigenvalue weighted by Crippen LogP contribution is -2.21. The van der Waals surface area contributed by atoms with Crippen molar-refractivity contribution in [2.45, 2.75) is 44.8 Å². The molecule has 1 aromatic heterocycles. The highest BCUT2D eigenvalue weighted by Crippen LogP contribution is 2.17. The number of thiophene rings is 1. The van der Waals surface area contributed by atoms with Gasteiger partial charge in [0.2, 0.25) is 0 Å². The van der Waals surface area contributed by atoms with Gasteiger partial charge < -0.3 is 14.6 Å². The van der Waals surface area contributed by atoms with Crippen molar-refractivity contribution in [1.82, 2.24) is 0 Å². The van der Waals surface area contributed by atoms with E-state index in [1.165, 1.54) is 17.6 Å². The summed E-state index contributed by atoms with van der Waals surface area (Å²) in [6.45, 7) is 0.611. The zero-order chi connectivity index (χ0) is 17.2. The Morgan fingerprint density at radius 2 is 1.96 bits per heavy atom. The molecular weight excluding hydrogens is 324 g/mol. The van der Waals surface area contributed by atoms with Crippen LogP contribution in [0, 0.1) is 0 Å². The van der Waals surface area contributed by atoms with E-state index in [-0.39, 0.29) is 0 Å². The molecule has 24 heavy (non-hydrogen) atoms. The van der Waals surface area contributed by atoms with Gasteiger partial charge in [-0.1, -0.05) is 31.0 Å². The van der Waals surface area contributed by atoms with Gasteiger partial charge in [-0.15, -0.1) is 11.3 Å². The van der Waals surface area contributed by atoms with Gasteiger partial charge in [0.1, 0.15) is 12.4 Å². The molecule has 4 nitrogen and oxygen atoms in total. The summed E-state index contributed by atoms with van der Waals surface area (Å²) in [5.41, 5.74) is 1.27. The van der Waals surface area contributed by atoms with Gasteiger partial charge >= 0.3 is 5.97 Å². The molecule has 2 rings (SSSR count). The topological polar surface area (TPSA) is 55.8 Å². The SMILES string of the molecule is COC(=O)C(O)CCCCCc1ccc(OCc2cccs2)cc1. The predicted octanol–water partition coefficient (Wildman–Crippen LogP) is 3.96. The van der Waals surface area contributed by atoms with E-state index in [0.717, 1.165) is 31.4 Å². The fourth-order valence-electron chi connectivity index (χ4n) is 2.40. The number of rotatable bonds is 10. The van der Waals surface area contributed by atoms with Crippen molar-refractivity contribution in [1.29, 1.82) is 0 Å². The Balaban J connectivity index is 1.62. The minimum absolute atomic E-state index is 0.460. The standard InChI is InChI=1S/C19H24O4S/c1-22-19(21)18(20)8-4-2-3-6-15-9-11-16(12-10-15)23-14-17-7-5-13-24-17/h5,7,9-13,18,20H,2-4,6,8,14H2,1H3. The normalized spacial score (nSPS) is 11.9. The molecule has 1 aromatic carbocycles. The lowest BCUT2D eigenvalue weighted by molar-refractivity contribution is -0.150. The number of carbonyl (C=O) groups excluding carboxylic acids is 1. The molecule has 0 aliphatic heterocycles. The summed E-state index contributed by atoms with van der Waals surface area (Å²) >= 11 is 1.69. The summed E-state index contributed by atoms with van der Waals surface area (Å²) in [4.78, 5) is 12.3. The molecule has 0 aliphatic carbocycles. The Kier molecular flexibility index (Phi) is 7.79. The molecule has 1 N–H and O–H groups in total. The summed E-state index contributed by atoms with van der Waals surface area (Å²) < 4.78 is 10.2. The molecule has 5 heteroatoms. The van der Waals surface area contributed by atoms with Crippen molar-refractivity contribution < 1.29 is 19.4 Å². The smallest absolute Gasteiger partial charge is 0.334 e. The van der Waals surface area contributed by atoms with Crippen LogP contribution in [0.5, 0.6) is 5.75 Å². The number of ether oxygens (including phenoxy) is 2. The van der Waals surface area contributed by atoms with Gasteiger partial charge in [0, 0.05) is 4.88 Å². The Bertz CT molecular complexity index is 592. The molecule has 0 amide bonds. The molecule has 1 atom stereocenters. The Morgan fingerprint density at radius 1 is 1.17 bits per heavy atom. The third-order valence-electron chi connectivity index (χ3n) is 3.80. The van der Waals surface area contributed by atoms with E-state index >= 15 is 0 Å². The molecule has 130 valence electrons. The van der Waals surface area contributed by atoms with Crippen LogP contribution in [0.4, 0.5) is 0 Å². The first-order valence-electron chi connectivity index (χ1n) is 8.19. The van der Waals surface area contributed by atoms with Crippen LogP contribution in [-0.2, 0) is 22.6 Å². The van der Waals surface area contributed by atoms with Gasteiger partial charge in [0.25, 0.3) is 0 Å². The minimum Gasteiger partial charge on any atom is -0.488 e. The number of methoxy groups -OCH3 is 1. The highest BCUT2D eigenvalue weighted by atomic mass is 32.1. The number of esters is 1. The molecule has 0 saturated carbocycles. The second kappa shape index (κ2) is 10.1. The second-order valence-corrected chi connectivity index (χ2v) is 6.68. The highest BCUT2D eigenvalue weighted by molar-refractivity contribution is 7.09. The van der Waals surface area contributed by atoms with Crippen LogP contribution >= 0.6 is 11.3 Å². The highest BCUT2D eigenvalue weighted by Gasteiger charge is 2.13. The molecule has 0 bridgehead atoms. The molecule has 1 unspecified atom stereocenters. The van der Waals surface area contributed by atoms with E-state index in [9.17, 15) is 9.90 Å². The Labute approximate surface area is 147 Å². The molecule has 1 heterocycles. The van der Waals surface area contributed by atoms with E-state index in [0.29, 0.717) is 13.0 Å². The van der Waals surface area contributed by atoms with Crippen LogP contribution in [0.15, 0.2) is 41.8 Å². The van der Waals surface area contributed by atoms with Crippen molar-refractivity contribution >= 4 is 17.3 Å². The van der Waals surface area contributed by atoms with Crippen molar-refractivity contribution in [3.63, 3.8) is 0 Å². The minimum atomic E-state index is -0.991. The summed E-state index contributed by atoms with van der Waals surface area (Å²) in [7, 11) is 1.29. The summed E-state index contributed by atoms with van der Waals surface area (Å²) in [6, 6.07) is 12.3.